The minimum atomic E-state index is -1.23. The van der Waals surface area contributed by atoms with Crippen molar-refractivity contribution >= 4 is 28.5 Å². The molecular formula is C20H26N6O2. The average Bonchev–Trinajstić information content (AvgIpc) is 3.17. The quantitative estimate of drug-likeness (QED) is 0.793. The summed E-state index contributed by atoms with van der Waals surface area (Å²) in [6, 6.07) is 3.87. The van der Waals surface area contributed by atoms with E-state index in [1.807, 2.05) is 25.4 Å². The van der Waals surface area contributed by atoms with Crippen LogP contribution in [0.4, 0.5) is 5.82 Å². The highest BCUT2D eigenvalue weighted by Gasteiger charge is 2.37. The lowest BCUT2D eigenvalue weighted by molar-refractivity contribution is -0.141. The number of aromatic nitrogens is 3. The Morgan fingerprint density at radius 2 is 2.14 bits per heavy atom. The topological polar surface area (TPSA) is 106 Å². The SMILES string of the molecule is CC(C)C(=O)C(C#N)C(=O)N1CC[C@@H](C)[C@@H](N(C)c2ncnc3[nH]ccc23)C1. The van der Waals surface area contributed by atoms with Gasteiger partial charge in [-0.25, -0.2) is 9.97 Å². The molecular weight excluding hydrogens is 356 g/mol. The highest BCUT2D eigenvalue weighted by molar-refractivity contribution is 6.04. The summed E-state index contributed by atoms with van der Waals surface area (Å²) >= 11 is 0. The predicted octanol–water partition coefficient (Wildman–Crippen LogP) is 2.00. The van der Waals surface area contributed by atoms with Gasteiger partial charge in [-0.3, -0.25) is 9.59 Å². The van der Waals surface area contributed by atoms with Crippen molar-refractivity contribution in [2.45, 2.75) is 33.2 Å². The number of Topliss-reactive ketones (excluding diaryl/α,β-unsaturated/α-hetero) is 1. The fraction of sp³-hybridized carbons (Fsp3) is 0.550. The van der Waals surface area contributed by atoms with E-state index in [2.05, 4.69) is 26.8 Å². The van der Waals surface area contributed by atoms with Gasteiger partial charge >= 0.3 is 0 Å². The second-order valence-corrected chi connectivity index (χ2v) is 7.78. The van der Waals surface area contributed by atoms with Crippen molar-refractivity contribution in [2.75, 3.05) is 25.0 Å². The molecule has 8 nitrogen and oxygen atoms in total. The molecule has 2 aromatic heterocycles. The van der Waals surface area contributed by atoms with Crippen molar-refractivity contribution in [1.82, 2.24) is 19.9 Å². The number of piperidine rings is 1. The molecule has 8 heteroatoms. The van der Waals surface area contributed by atoms with Crippen molar-refractivity contribution in [2.24, 2.45) is 17.8 Å². The maximum atomic E-state index is 12.9. The van der Waals surface area contributed by atoms with E-state index in [-0.39, 0.29) is 23.7 Å². The van der Waals surface area contributed by atoms with Crippen molar-refractivity contribution < 1.29 is 9.59 Å². The lowest BCUT2D eigenvalue weighted by atomic mass is 9.89. The number of likely N-dealkylation sites (N-methyl/N-ethyl adjacent to an activating group) is 1. The van der Waals surface area contributed by atoms with Crippen molar-refractivity contribution in [3.05, 3.63) is 18.6 Å². The van der Waals surface area contributed by atoms with Crippen molar-refractivity contribution in [3.8, 4) is 6.07 Å². The van der Waals surface area contributed by atoms with E-state index in [4.69, 9.17) is 0 Å². The van der Waals surface area contributed by atoms with Gasteiger partial charge in [0.15, 0.2) is 11.7 Å². The Bertz CT molecular complexity index is 915. The van der Waals surface area contributed by atoms with Gasteiger partial charge in [0.2, 0.25) is 5.91 Å². The molecule has 0 spiro atoms. The third kappa shape index (κ3) is 3.57. The fourth-order valence-corrected chi connectivity index (χ4v) is 3.81. The van der Waals surface area contributed by atoms with Crippen LogP contribution in [0.2, 0.25) is 0 Å². The number of rotatable bonds is 5. The van der Waals surface area contributed by atoms with Gasteiger partial charge in [0.05, 0.1) is 17.5 Å². The molecule has 3 rings (SSSR count). The van der Waals surface area contributed by atoms with Crippen LogP contribution in [0.25, 0.3) is 11.0 Å². The van der Waals surface area contributed by atoms with Crippen molar-refractivity contribution in [3.63, 3.8) is 0 Å². The number of amides is 1. The summed E-state index contributed by atoms with van der Waals surface area (Å²) in [5, 5.41) is 10.3. The minimum Gasteiger partial charge on any atom is -0.354 e. The summed E-state index contributed by atoms with van der Waals surface area (Å²) in [6.07, 6.45) is 4.15. The molecule has 3 heterocycles. The van der Waals surface area contributed by atoms with Crippen molar-refractivity contribution in [1.29, 1.82) is 5.26 Å². The number of likely N-dealkylation sites (tertiary alicyclic amines) is 1. The molecule has 1 aliphatic heterocycles. The van der Waals surface area contributed by atoms with E-state index in [0.29, 0.717) is 19.0 Å². The number of carbonyl (C=O) groups excluding carboxylic acids is 2. The Kier molecular flexibility index (Phi) is 5.63. The zero-order valence-corrected chi connectivity index (χ0v) is 16.7. The molecule has 0 aliphatic carbocycles. The first-order chi connectivity index (χ1) is 13.3. The van der Waals surface area contributed by atoms with E-state index in [9.17, 15) is 14.9 Å². The van der Waals surface area contributed by atoms with Gasteiger partial charge in [-0.1, -0.05) is 20.8 Å². The molecule has 0 saturated carbocycles. The summed E-state index contributed by atoms with van der Waals surface area (Å²) in [6.45, 7) is 6.59. The summed E-state index contributed by atoms with van der Waals surface area (Å²) < 4.78 is 0. The molecule has 2 aromatic rings. The number of nitrogens with one attached hydrogen (secondary N) is 1. The Morgan fingerprint density at radius 1 is 1.39 bits per heavy atom. The molecule has 1 fully saturated rings. The maximum Gasteiger partial charge on any atom is 0.247 e. The molecule has 1 saturated heterocycles. The molecule has 0 radical (unpaired) electrons. The lowest BCUT2D eigenvalue weighted by Crippen LogP contribution is -2.54. The Balaban J connectivity index is 1.83. The fourth-order valence-electron chi connectivity index (χ4n) is 3.81. The summed E-state index contributed by atoms with van der Waals surface area (Å²) in [7, 11) is 1.96. The minimum absolute atomic E-state index is 0.0270. The number of anilines is 1. The monoisotopic (exact) mass is 382 g/mol. The Hall–Kier alpha value is -2.95. The number of nitrogens with zero attached hydrogens (tertiary/aromatic N) is 5. The maximum absolute atomic E-state index is 12.9. The highest BCUT2D eigenvalue weighted by atomic mass is 16.2. The number of hydrogen-bond acceptors (Lipinski definition) is 6. The first-order valence-corrected chi connectivity index (χ1v) is 9.58. The van der Waals surface area contributed by atoms with Crippen LogP contribution in [0.15, 0.2) is 18.6 Å². The average molecular weight is 382 g/mol. The number of hydrogen-bond donors (Lipinski definition) is 1. The number of nitriles is 1. The number of ketones is 1. The van der Waals surface area contributed by atoms with Gasteiger partial charge in [0.1, 0.15) is 17.8 Å². The molecule has 0 bridgehead atoms. The first-order valence-electron chi connectivity index (χ1n) is 9.58. The Labute approximate surface area is 164 Å². The number of aromatic amines is 1. The van der Waals surface area contributed by atoms with Crippen LogP contribution in [0.1, 0.15) is 27.2 Å². The zero-order valence-electron chi connectivity index (χ0n) is 16.7. The number of H-pyrrole nitrogens is 1. The predicted molar refractivity (Wildman–Crippen MR) is 105 cm³/mol. The van der Waals surface area contributed by atoms with E-state index in [0.717, 1.165) is 23.3 Å². The standard InChI is InChI=1S/C20H26N6O2/c1-12(2)17(27)15(9-21)20(28)26-8-6-13(3)16(10-26)25(4)19-14-5-7-22-18(14)23-11-24-19/h5,7,11-13,15-16H,6,8,10H2,1-4H3,(H,22,23,24)/t13-,15?,16+/m1/s1. The van der Waals surface area contributed by atoms with Crippen LogP contribution >= 0.6 is 0 Å². The van der Waals surface area contributed by atoms with Crippen LogP contribution in [0, 0.1) is 29.1 Å². The molecule has 1 N–H and O–H groups in total. The molecule has 28 heavy (non-hydrogen) atoms. The number of carbonyl (C=O) groups is 2. The van der Waals surface area contributed by atoms with Gasteiger partial charge in [-0.15, -0.1) is 0 Å². The van der Waals surface area contributed by atoms with Gasteiger partial charge in [0.25, 0.3) is 0 Å². The third-order valence-electron chi connectivity index (χ3n) is 5.62. The number of fused-ring (bicyclic) bond motifs is 1. The second-order valence-electron chi connectivity index (χ2n) is 7.78. The molecule has 0 aromatic carbocycles. The summed E-state index contributed by atoms with van der Waals surface area (Å²) in [5.41, 5.74) is 0.764. The van der Waals surface area contributed by atoms with E-state index in [1.54, 1.807) is 18.7 Å². The molecule has 148 valence electrons. The lowest BCUT2D eigenvalue weighted by Gasteiger charge is -2.42. The van der Waals surface area contributed by atoms with Gasteiger partial charge < -0.3 is 14.8 Å². The van der Waals surface area contributed by atoms with Gasteiger partial charge in [0, 0.05) is 32.3 Å². The second kappa shape index (κ2) is 7.97. The first kappa shape index (κ1) is 19.8. The molecule has 3 atom stereocenters. The largest absolute Gasteiger partial charge is 0.354 e. The zero-order chi connectivity index (χ0) is 20.4. The molecule has 1 aliphatic rings. The van der Waals surface area contributed by atoms with E-state index in [1.165, 1.54) is 6.33 Å². The normalized spacial score (nSPS) is 20.8. The van der Waals surface area contributed by atoms with Crippen LogP contribution in [-0.2, 0) is 9.59 Å². The smallest absolute Gasteiger partial charge is 0.247 e. The van der Waals surface area contributed by atoms with Crippen LogP contribution in [0.3, 0.4) is 0 Å². The Morgan fingerprint density at radius 3 is 2.82 bits per heavy atom. The van der Waals surface area contributed by atoms with Gasteiger partial charge in [-0.05, 0) is 18.4 Å². The van der Waals surface area contributed by atoms with Crippen LogP contribution < -0.4 is 4.90 Å². The summed E-state index contributed by atoms with van der Waals surface area (Å²) in [4.78, 5) is 40.7. The van der Waals surface area contributed by atoms with Crippen LogP contribution in [-0.4, -0.2) is 57.7 Å². The molecule has 1 unspecified atom stereocenters. The van der Waals surface area contributed by atoms with Gasteiger partial charge in [-0.2, -0.15) is 5.26 Å². The third-order valence-corrected chi connectivity index (χ3v) is 5.62. The van der Waals surface area contributed by atoms with E-state index >= 15 is 0 Å². The highest BCUT2D eigenvalue weighted by Crippen LogP contribution is 2.29. The van der Waals surface area contributed by atoms with Crippen LogP contribution in [0.5, 0.6) is 0 Å². The summed E-state index contributed by atoms with van der Waals surface area (Å²) in [5.74, 6) is -1.15. The van der Waals surface area contributed by atoms with E-state index < -0.39 is 5.92 Å². The molecule has 1 amide bonds.